The topological polar surface area (TPSA) is 76.2 Å². The molecule has 0 aromatic heterocycles. The lowest BCUT2D eigenvalue weighted by atomic mass is 9.92. The van der Waals surface area contributed by atoms with Crippen molar-refractivity contribution in [1.29, 1.82) is 0 Å². The maximum Gasteiger partial charge on any atom is 0.254 e. The molecular formula is C23H27ClN2O5S. The highest BCUT2D eigenvalue weighted by molar-refractivity contribution is 7.89. The molecule has 2 aromatic rings. The molecule has 0 radical (unpaired) electrons. The van der Waals surface area contributed by atoms with Crippen molar-refractivity contribution in [3.05, 3.63) is 52.0 Å². The number of amides is 1. The standard InChI is InChI=1S/C23H27ClN2O5S/c1-30-21-15-18(14-20(24)22(21)31-2)23(27)25-9-11-26(12-10-25)32(28,29)19-8-7-16-5-3-4-6-17(16)13-19/h7-8,13-15H,3-6,9-12H2,1-2H3. The third kappa shape index (κ3) is 4.31. The number of ether oxygens (including phenoxy) is 2. The van der Waals surface area contributed by atoms with Gasteiger partial charge in [0.1, 0.15) is 0 Å². The summed E-state index contributed by atoms with van der Waals surface area (Å²) in [5.41, 5.74) is 2.76. The summed E-state index contributed by atoms with van der Waals surface area (Å²) < 4.78 is 38.3. The highest BCUT2D eigenvalue weighted by Crippen LogP contribution is 2.36. The van der Waals surface area contributed by atoms with Crippen LogP contribution in [0, 0.1) is 0 Å². The van der Waals surface area contributed by atoms with Gasteiger partial charge >= 0.3 is 0 Å². The Bertz CT molecular complexity index is 1130. The summed E-state index contributed by atoms with van der Waals surface area (Å²) in [4.78, 5) is 15.0. The first-order valence-corrected chi connectivity index (χ1v) is 12.5. The van der Waals surface area contributed by atoms with Gasteiger partial charge in [0.25, 0.3) is 5.91 Å². The maximum absolute atomic E-state index is 13.2. The van der Waals surface area contributed by atoms with Crippen LogP contribution in [-0.2, 0) is 22.9 Å². The second-order valence-corrected chi connectivity index (χ2v) is 10.4. The van der Waals surface area contributed by atoms with E-state index in [2.05, 4.69) is 0 Å². The van der Waals surface area contributed by atoms with E-state index in [1.807, 2.05) is 12.1 Å². The molecule has 1 saturated heterocycles. The largest absolute Gasteiger partial charge is 0.493 e. The number of fused-ring (bicyclic) bond motifs is 1. The van der Waals surface area contributed by atoms with Crippen LogP contribution in [0.15, 0.2) is 35.2 Å². The monoisotopic (exact) mass is 478 g/mol. The lowest BCUT2D eigenvalue weighted by Crippen LogP contribution is -2.50. The smallest absolute Gasteiger partial charge is 0.254 e. The van der Waals surface area contributed by atoms with Crippen molar-refractivity contribution in [2.24, 2.45) is 0 Å². The molecule has 1 aliphatic carbocycles. The summed E-state index contributed by atoms with van der Waals surface area (Å²) in [6.07, 6.45) is 4.18. The zero-order valence-electron chi connectivity index (χ0n) is 18.3. The molecule has 1 fully saturated rings. The van der Waals surface area contributed by atoms with Crippen molar-refractivity contribution in [3.63, 3.8) is 0 Å². The number of sulfonamides is 1. The minimum atomic E-state index is -3.60. The van der Waals surface area contributed by atoms with Crippen LogP contribution in [0.1, 0.15) is 34.3 Å². The molecular weight excluding hydrogens is 452 g/mol. The Morgan fingerprint density at radius 3 is 2.28 bits per heavy atom. The molecule has 2 aliphatic rings. The van der Waals surface area contributed by atoms with Gasteiger partial charge in [-0.15, -0.1) is 0 Å². The molecule has 1 amide bonds. The molecule has 0 bridgehead atoms. The van der Waals surface area contributed by atoms with Gasteiger partial charge in [0.05, 0.1) is 24.1 Å². The zero-order chi connectivity index (χ0) is 22.9. The van der Waals surface area contributed by atoms with Gasteiger partial charge < -0.3 is 14.4 Å². The molecule has 1 heterocycles. The zero-order valence-corrected chi connectivity index (χ0v) is 19.8. The first kappa shape index (κ1) is 22.9. The number of piperazine rings is 1. The van der Waals surface area contributed by atoms with E-state index in [0.717, 1.165) is 31.2 Å². The number of nitrogens with zero attached hydrogens (tertiary/aromatic N) is 2. The molecule has 2 aromatic carbocycles. The van der Waals surface area contributed by atoms with Crippen LogP contribution in [0.2, 0.25) is 5.02 Å². The van der Waals surface area contributed by atoms with E-state index in [-0.39, 0.29) is 24.0 Å². The third-order valence-corrected chi connectivity index (χ3v) is 8.34. The van der Waals surface area contributed by atoms with Gasteiger partial charge in [-0.05, 0) is 61.1 Å². The fraction of sp³-hybridized carbons (Fsp3) is 0.435. The molecule has 0 N–H and O–H groups in total. The Kier molecular flexibility index (Phi) is 6.65. The Hall–Kier alpha value is -2.29. The van der Waals surface area contributed by atoms with Crippen LogP contribution in [0.4, 0.5) is 0 Å². The minimum absolute atomic E-state index is 0.223. The first-order chi connectivity index (χ1) is 15.3. The van der Waals surface area contributed by atoms with Crippen LogP contribution >= 0.6 is 11.6 Å². The summed E-state index contributed by atoms with van der Waals surface area (Å²) in [6, 6.07) is 8.61. The number of hydrogen-bond acceptors (Lipinski definition) is 5. The van der Waals surface area contributed by atoms with Crippen molar-refractivity contribution in [2.45, 2.75) is 30.6 Å². The molecule has 7 nitrogen and oxygen atoms in total. The van der Waals surface area contributed by atoms with Crippen molar-refractivity contribution in [1.82, 2.24) is 9.21 Å². The normalized spacial score (nSPS) is 17.0. The molecule has 172 valence electrons. The number of aryl methyl sites for hydroxylation is 2. The van der Waals surface area contributed by atoms with Crippen molar-refractivity contribution < 1.29 is 22.7 Å². The molecule has 0 unspecified atom stereocenters. The summed E-state index contributed by atoms with van der Waals surface area (Å²) in [5.74, 6) is 0.516. The number of benzene rings is 2. The second-order valence-electron chi connectivity index (χ2n) is 8.03. The van der Waals surface area contributed by atoms with Crippen LogP contribution < -0.4 is 9.47 Å². The Balaban J connectivity index is 1.47. The van der Waals surface area contributed by atoms with Gasteiger partial charge in [-0.3, -0.25) is 4.79 Å². The highest BCUT2D eigenvalue weighted by atomic mass is 35.5. The Labute approximate surface area is 193 Å². The number of hydrogen-bond donors (Lipinski definition) is 0. The molecule has 1 aliphatic heterocycles. The second kappa shape index (κ2) is 9.29. The van der Waals surface area contributed by atoms with Crippen molar-refractivity contribution in [3.8, 4) is 11.5 Å². The Morgan fingerprint density at radius 1 is 0.938 bits per heavy atom. The van der Waals surface area contributed by atoms with Gasteiger partial charge in [0, 0.05) is 31.7 Å². The van der Waals surface area contributed by atoms with Crippen LogP contribution in [0.25, 0.3) is 0 Å². The van der Waals surface area contributed by atoms with Crippen LogP contribution in [0.5, 0.6) is 11.5 Å². The molecule has 0 spiro atoms. The lowest BCUT2D eigenvalue weighted by molar-refractivity contribution is 0.0697. The quantitative estimate of drug-likeness (QED) is 0.658. The summed E-state index contributed by atoms with van der Waals surface area (Å²) in [6.45, 7) is 1.09. The van der Waals surface area contributed by atoms with Crippen LogP contribution in [0.3, 0.4) is 0 Å². The van der Waals surface area contributed by atoms with Gasteiger partial charge in [0.15, 0.2) is 11.5 Å². The number of carbonyl (C=O) groups excluding carboxylic acids is 1. The fourth-order valence-electron chi connectivity index (χ4n) is 4.37. The average Bonchev–Trinajstić information content (AvgIpc) is 2.82. The predicted molar refractivity (Wildman–Crippen MR) is 122 cm³/mol. The van der Waals surface area contributed by atoms with E-state index in [1.54, 1.807) is 23.1 Å². The number of halogens is 1. The predicted octanol–water partition coefficient (Wildman–Crippen LogP) is 3.38. The number of rotatable bonds is 5. The van der Waals surface area contributed by atoms with Gasteiger partial charge in [0.2, 0.25) is 10.0 Å². The van der Waals surface area contributed by atoms with E-state index in [0.29, 0.717) is 35.0 Å². The summed E-state index contributed by atoms with van der Waals surface area (Å²) >= 11 is 6.23. The molecule has 9 heteroatoms. The van der Waals surface area contributed by atoms with E-state index >= 15 is 0 Å². The van der Waals surface area contributed by atoms with E-state index in [1.165, 1.54) is 24.1 Å². The first-order valence-electron chi connectivity index (χ1n) is 10.7. The van der Waals surface area contributed by atoms with Crippen molar-refractivity contribution in [2.75, 3.05) is 40.4 Å². The molecule has 32 heavy (non-hydrogen) atoms. The summed E-state index contributed by atoms with van der Waals surface area (Å²) in [5, 5.41) is 0.281. The Morgan fingerprint density at radius 2 is 1.62 bits per heavy atom. The van der Waals surface area contributed by atoms with Gasteiger partial charge in [-0.2, -0.15) is 4.31 Å². The number of carbonyl (C=O) groups is 1. The SMILES string of the molecule is COc1cc(C(=O)N2CCN(S(=O)(=O)c3ccc4c(c3)CCCC4)CC2)cc(Cl)c1OC. The van der Waals surface area contributed by atoms with Gasteiger partial charge in [-0.25, -0.2) is 8.42 Å². The van der Waals surface area contributed by atoms with Gasteiger partial charge in [-0.1, -0.05) is 17.7 Å². The van der Waals surface area contributed by atoms with E-state index in [4.69, 9.17) is 21.1 Å². The third-order valence-electron chi connectivity index (χ3n) is 6.16. The fourth-order valence-corrected chi connectivity index (χ4v) is 6.14. The molecule has 0 atom stereocenters. The highest BCUT2D eigenvalue weighted by Gasteiger charge is 2.31. The minimum Gasteiger partial charge on any atom is -0.493 e. The number of methoxy groups -OCH3 is 2. The molecule has 0 saturated carbocycles. The summed E-state index contributed by atoms with van der Waals surface area (Å²) in [7, 11) is -0.639. The van der Waals surface area contributed by atoms with E-state index in [9.17, 15) is 13.2 Å². The molecule has 4 rings (SSSR count). The van der Waals surface area contributed by atoms with Crippen molar-refractivity contribution >= 4 is 27.5 Å². The average molecular weight is 479 g/mol. The van der Waals surface area contributed by atoms with Crippen LogP contribution in [-0.4, -0.2) is 63.9 Å². The van der Waals surface area contributed by atoms with E-state index < -0.39 is 10.0 Å². The lowest BCUT2D eigenvalue weighted by Gasteiger charge is -2.34. The maximum atomic E-state index is 13.2.